The van der Waals surface area contributed by atoms with E-state index < -0.39 is 0 Å². The minimum Gasteiger partial charge on any atom is -0.497 e. The Hall–Kier alpha value is -3.02. The molecule has 138 valence electrons. The van der Waals surface area contributed by atoms with E-state index in [9.17, 15) is 4.79 Å². The van der Waals surface area contributed by atoms with Gasteiger partial charge in [0, 0.05) is 18.8 Å². The van der Waals surface area contributed by atoms with Crippen LogP contribution >= 0.6 is 0 Å². The summed E-state index contributed by atoms with van der Waals surface area (Å²) in [6, 6.07) is 15.1. The molecule has 0 bridgehead atoms. The van der Waals surface area contributed by atoms with Gasteiger partial charge < -0.3 is 14.4 Å². The zero-order valence-electron chi connectivity index (χ0n) is 15.4. The Morgan fingerprint density at radius 3 is 2.23 bits per heavy atom. The fraction of sp³-hybridized carbons (Fsp3) is 0.300. The maximum atomic E-state index is 11.8. The highest BCUT2D eigenvalue weighted by Crippen LogP contribution is 2.16. The van der Waals surface area contributed by atoms with E-state index in [-0.39, 0.29) is 12.5 Å². The van der Waals surface area contributed by atoms with Crippen molar-refractivity contribution in [1.29, 1.82) is 0 Å². The van der Waals surface area contributed by atoms with Crippen molar-refractivity contribution in [3.63, 3.8) is 0 Å². The molecule has 6 nitrogen and oxygen atoms in total. The minimum absolute atomic E-state index is 0.107. The predicted molar refractivity (Wildman–Crippen MR) is 104 cm³/mol. The third kappa shape index (κ3) is 5.81. The number of methoxy groups -OCH3 is 1. The van der Waals surface area contributed by atoms with Gasteiger partial charge in [-0.2, -0.15) is 5.10 Å². The monoisotopic (exact) mass is 355 g/mol. The fourth-order valence-electron chi connectivity index (χ4n) is 2.39. The highest BCUT2D eigenvalue weighted by atomic mass is 16.5. The molecule has 0 spiro atoms. The normalized spacial score (nSPS) is 10.6. The number of nitrogens with one attached hydrogen (secondary N) is 1. The maximum Gasteiger partial charge on any atom is 0.277 e. The largest absolute Gasteiger partial charge is 0.497 e. The Labute approximate surface area is 154 Å². The fourth-order valence-corrected chi connectivity index (χ4v) is 2.39. The summed E-state index contributed by atoms with van der Waals surface area (Å²) in [4.78, 5) is 14.0. The summed E-state index contributed by atoms with van der Waals surface area (Å²) in [6.45, 7) is 6.08. The average Bonchev–Trinajstić information content (AvgIpc) is 2.69. The molecule has 0 radical (unpaired) electrons. The standard InChI is InChI=1S/C20H25N3O3/c1-4-23(5-2)17-8-6-16(7-9-17)14-21-22-20(24)15-26-19-12-10-18(25-3)11-13-19/h6-14H,4-5,15H2,1-3H3,(H,22,24). The minimum atomic E-state index is -0.322. The van der Waals surface area contributed by atoms with Gasteiger partial charge in [0.15, 0.2) is 6.61 Å². The summed E-state index contributed by atoms with van der Waals surface area (Å²) in [7, 11) is 1.60. The molecule has 0 unspecified atom stereocenters. The molecule has 0 aliphatic rings. The van der Waals surface area contributed by atoms with Gasteiger partial charge in [0.1, 0.15) is 11.5 Å². The molecule has 2 aromatic rings. The topological polar surface area (TPSA) is 63.2 Å². The lowest BCUT2D eigenvalue weighted by molar-refractivity contribution is -0.123. The van der Waals surface area contributed by atoms with E-state index in [2.05, 4.69) is 29.3 Å². The molecule has 2 rings (SSSR count). The Bertz CT molecular complexity index is 708. The molecule has 26 heavy (non-hydrogen) atoms. The summed E-state index contributed by atoms with van der Waals surface area (Å²) in [5, 5.41) is 3.96. The number of anilines is 1. The lowest BCUT2D eigenvalue weighted by Gasteiger charge is -2.20. The van der Waals surface area contributed by atoms with Crippen LogP contribution in [0.15, 0.2) is 53.6 Å². The number of hydrazone groups is 1. The van der Waals surface area contributed by atoms with Crippen molar-refractivity contribution < 1.29 is 14.3 Å². The van der Waals surface area contributed by atoms with Crippen LogP contribution in [0.4, 0.5) is 5.69 Å². The summed E-state index contributed by atoms with van der Waals surface area (Å²) < 4.78 is 10.5. The molecular weight excluding hydrogens is 330 g/mol. The van der Waals surface area contributed by atoms with E-state index >= 15 is 0 Å². The molecule has 0 aliphatic carbocycles. The van der Waals surface area contributed by atoms with Crippen LogP contribution in [-0.2, 0) is 4.79 Å². The van der Waals surface area contributed by atoms with Crippen LogP contribution in [0.2, 0.25) is 0 Å². The van der Waals surface area contributed by atoms with E-state index in [1.54, 1.807) is 37.6 Å². The summed E-state index contributed by atoms with van der Waals surface area (Å²) in [5.74, 6) is 1.01. The molecule has 2 aromatic carbocycles. The first-order chi connectivity index (χ1) is 12.7. The smallest absolute Gasteiger partial charge is 0.277 e. The van der Waals surface area contributed by atoms with Gasteiger partial charge in [-0.25, -0.2) is 5.43 Å². The number of nitrogens with zero attached hydrogens (tertiary/aromatic N) is 2. The summed E-state index contributed by atoms with van der Waals surface area (Å²) >= 11 is 0. The zero-order chi connectivity index (χ0) is 18.8. The molecule has 0 heterocycles. The molecule has 0 saturated carbocycles. The van der Waals surface area contributed by atoms with Crippen molar-refractivity contribution in [2.24, 2.45) is 5.10 Å². The van der Waals surface area contributed by atoms with Gasteiger partial charge in [-0.15, -0.1) is 0 Å². The number of amides is 1. The molecule has 6 heteroatoms. The van der Waals surface area contributed by atoms with Crippen LogP contribution in [-0.4, -0.2) is 38.9 Å². The number of benzene rings is 2. The van der Waals surface area contributed by atoms with Crippen LogP contribution < -0.4 is 19.8 Å². The van der Waals surface area contributed by atoms with Gasteiger partial charge >= 0.3 is 0 Å². The second kappa shape index (κ2) is 10.1. The van der Waals surface area contributed by atoms with Crippen molar-refractivity contribution in [3.05, 3.63) is 54.1 Å². The lowest BCUT2D eigenvalue weighted by atomic mass is 10.2. The average molecular weight is 355 g/mol. The van der Waals surface area contributed by atoms with Crippen LogP contribution in [0.3, 0.4) is 0 Å². The summed E-state index contributed by atoms with van der Waals surface area (Å²) in [5.41, 5.74) is 4.54. The zero-order valence-corrected chi connectivity index (χ0v) is 15.4. The molecule has 0 aliphatic heterocycles. The third-order valence-electron chi connectivity index (χ3n) is 3.85. The van der Waals surface area contributed by atoms with Gasteiger partial charge in [0.05, 0.1) is 13.3 Å². The summed E-state index contributed by atoms with van der Waals surface area (Å²) in [6.07, 6.45) is 1.61. The Kier molecular flexibility index (Phi) is 7.49. The van der Waals surface area contributed by atoms with E-state index in [1.165, 1.54) is 5.69 Å². The van der Waals surface area contributed by atoms with E-state index in [4.69, 9.17) is 9.47 Å². The van der Waals surface area contributed by atoms with Gasteiger partial charge in [-0.1, -0.05) is 12.1 Å². The van der Waals surface area contributed by atoms with Gasteiger partial charge in [0.2, 0.25) is 0 Å². The highest BCUT2D eigenvalue weighted by Gasteiger charge is 2.02. The SMILES string of the molecule is CCN(CC)c1ccc(C=NNC(=O)COc2ccc(OC)cc2)cc1. The number of carbonyl (C=O) groups is 1. The highest BCUT2D eigenvalue weighted by molar-refractivity contribution is 5.83. The number of carbonyl (C=O) groups excluding carboxylic acids is 1. The Morgan fingerprint density at radius 2 is 1.65 bits per heavy atom. The second-order valence-electron chi connectivity index (χ2n) is 5.52. The quantitative estimate of drug-likeness (QED) is 0.555. The first kappa shape index (κ1) is 19.3. The van der Waals surface area contributed by atoms with Gasteiger partial charge in [-0.05, 0) is 55.8 Å². The van der Waals surface area contributed by atoms with Crippen molar-refractivity contribution in [3.8, 4) is 11.5 Å². The van der Waals surface area contributed by atoms with E-state index in [0.29, 0.717) is 5.75 Å². The van der Waals surface area contributed by atoms with E-state index in [0.717, 1.165) is 24.4 Å². The van der Waals surface area contributed by atoms with Crippen LogP contribution in [0.5, 0.6) is 11.5 Å². The molecule has 0 saturated heterocycles. The third-order valence-corrected chi connectivity index (χ3v) is 3.85. The number of hydrogen-bond acceptors (Lipinski definition) is 5. The van der Waals surface area contributed by atoms with Gasteiger partial charge in [0.25, 0.3) is 5.91 Å². The van der Waals surface area contributed by atoms with Crippen molar-refractivity contribution in [2.45, 2.75) is 13.8 Å². The van der Waals surface area contributed by atoms with Crippen LogP contribution in [0.1, 0.15) is 19.4 Å². The van der Waals surface area contributed by atoms with Crippen LogP contribution in [0.25, 0.3) is 0 Å². The first-order valence-electron chi connectivity index (χ1n) is 8.60. The molecular formula is C20H25N3O3. The predicted octanol–water partition coefficient (Wildman–Crippen LogP) is 3.07. The van der Waals surface area contributed by atoms with Gasteiger partial charge in [-0.3, -0.25) is 4.79 Å². The number of hydrogen-bond donors (Lipinski definition) is 1. The molecule has 0 aromatic heterocycles. The Morgan fingerprint density at radius 1 is 1.04 bits per heavy atom. The number of ether oxygens (including phenoxy) is 2. The number of rotatable bonds is 9. The lowest BCUT2D eigenvalue weighted by Crippen LogP contribution is -2.24. The molecule has 0 fully saturated rings. The molecule has 0 atom stereocenters. The van der Waals surface area contributed by atoms with E-state index in [1.807, 2.05) is 24.3 Å². The second-order valence-corrected chi connectivity index (χ2v) is 5.52. The first-order valence-corrected chi connectivity index (χ1v) is 8.60. The molecule has 1 amide bonds. The Balaban J connectivity index is 1.78. The van der Waals surface area contributed by atoms with Crippen molar-refractivity contribution >= 4 is 17.8 Å². The van der Waals surface area contributed by atoms with Crippen LogP contribution in [0, 0.1) is 0 Å². The molecule has 1 N–H and O–H groups in total. The van der Waals surface area contributed by atoms with Crippen molar-refractivity contribution in [2.75, 3.05) is 31.7 Å². The van der Waals surface area contributed by atoms with Crippen molar-refractivity contribution in [1.82, 2.24) is 5.43 Å². The maximum absolute atomic E-state index is 11.8.